The van der Waals surface area contributed by atoms with Gasteiger partial charge in [-0.25, -0.2) is 0 Å². The molecule has 1 atom stereocenters. The number of H-pyrrole nitrogens is 1. The van der Waals surface area contributed by atoms with Crippen LogP contribution in [0.5, 0.6) is 11.5 Å². The molecule has 2 rings (SSSR count). The lowest BCUT2D eigenvalue weighted by molar-refractivity contribution is -0.121. The highest BCUT2D eigenvalue weighted by atomic mass is 16.5. The Kier molecular flexibility index (Phi) is 8.18. The number of carbonyl (C=O) groups excluding carboxylic acids is 1. The number of hydrogen-bond donors (Lipinski definition) is 2. The number of nitrogens with one attached hydrogen (secondary N) is 2. The standard InChI is InChI=1S/C21H30N4O4/c1-6-14(4)29-17-9-7-15(11-18(17)28-5)20-23-21(27)16(24-25-20)8-10-19(26)22-12-13(2)3/h7,9,11,13-14H,6,8,10,12H2,1-5H3,(H,22,26)(H,23,25,27)/t14-/m0/s1. The number of hydrogen-bond acceptors (Lipinski definition) is 6. The lowest BCUT2D eigenvalue weighted by Gasteiger charge is -2.16. The van der Waals surface area contributed by atoms with Crippen molar-refractivity contribution < 1.29 is 14.3 Å². The summed E-state index contributed by atoms with van der Waals surface area (Å²) in [6, 6.07) is 5.32. The van der Waals surface area contributed by atoms with Crippen LogP contribution in [0.4, 0.5) is 0 Å². The molecule has 0 unspecified atom stereocenters. The first kappa shape index (κ1) is 22.4. The van der Waals surface area contributed by atoms with Crippen molar-refractivity contribution >= 4 is 5.91 Å². The first-order chi connectivity index (χ1) is 13.8. The molecule has 0 fully saturated rings. The van der Waals surface area contributed by atoms with Gasteiger partial charge in [-0.2, -0.15) is 0 Å². The number of benzene rings is 1. The van der Waals surface area contributed by atoms with Gasteiger partial charge in [0.05, 0.1) is 13.2 Å². The summed E-state index contributed by atoms with van der Waals surface area (Å²) >= 11 is 0. The van der Waals surface area contributed by atoms with Crippen LogP contribution < -0.4 is 20.3 Å². The van der Waals surface area contributed by atoms with E-state index in [1.165, 1.54) is 0 Å². The number of carbonyl (C=O) groups is 1. The molecule has 29 heavy (non-hydrogen) atoms. The van der Waals surface area contributed by atoms with Crippen molar-refractivity contribution in [2.75, 3.05) is 13.7 Å². The number of ether oxygens (including phenoxy) is 2. The van der Waals surface area contributed by atoms with E-state index in [1.807, 2.05) is 27.7 Å². The van der Waals surface area contributed by atoms with Gasteiger partial charge in [0.25, 0.3) is 5.56 Å². The van der Waals surface area contributed by atoms with Gasteiger partial charge in [-0.1, -0.05) is 20.8 Å². The minimum Gasteiger partial charge on any atom is -0.493 e. The highest BCUT2D eigenvalue weighted by Gasteiger charge is 2.13. The molecule has 0 spiro atoms. The van der Waals surface area contributed by atoms with Gasteiger partial charge in [-0.15, -0.1) is 10.2 Å². The number of nitrogens with zero attached hydrogens (tertiary/aromatic N) is 2. The third kappa shape index (κ3) is 6.58. The fourth-order valence-electron chi connectivity index (χ4n) is 2.50. The minimum absolute atomic E-state index is 0.0615. The normalized spacial score (nSPS) is 11.9. The van der Waals surface area contributed by atoms with Gasteiger partial charge in [0.2, 0.25) is 5.91 Å². The summed E-state index contributed by atoms with van der Waals surface area (Å²) in [5.41, 5.74) is 0.534. The zero-order chi connectivity index (χ0) is 21.4. The quantitative estimate of drug-likeness (QED) is 0.633. The molecular formula is C21H30N4O4. The molecule has 1 amide bonds. The lowest BCUT2D eigenvalue weighted by Crippen LogP contribution is -2.28. The molecule has 0 saturated heterocycles. The lowest BCUT2D eigenvalue weighted by atomic mass is 10.1. The van der Waals surface area contributed by atoms with Gasteiger partial charge in [-0.05, 0) is 37.5 Å². The van der Waals surface area contributed by atoms with Crippen LogP contribution in [0.15, 0.2) is 23.0 Å². The molecule has 2 N–H and O–H groups in total. The first-order valence-corrected chi connectivity index (χ1v) is 9.91. The van der Waals surface area contributed by atoms with Crippen molar-refractivity contribution in [1.82, 2.24) is 20.5 Å². The monoisotopic (exact) mass is 402 g/mol. The Morgan fingerprint density at radius 1 is 1.21 bits per heavy atom. The van der Waals surface area contributed by atoms with Crippen molar-refractivity contribution in [2.45, 2.75) is 53.1 Å². The predicted octanol–water partition coefficient (Wildman–Crippen LogP) is 2.72. The summed E-state index contributed by atoms with van der Waals surface area (Å²) in [6.45, 7) is 8.68. The maximum absolute atomic E-state index is 12.4. The maximum atomic E-state index is 12.4. The summed E-state index contributed by atoms with van der Waals surface area (Å²) in [4.78, 5) is 26.9. The molecule has 2 aromatic rings. The zero-order valence-electron chi connectivity index (χ0n) is 17.7. The minimum atomic E-state index is -0.356. The van der Waals surface area contributed by atoms with Crippen molar-refractivity contribution in [3.05, 3.63) is 34.2 Å². The molecule has 158 valence electrons. The van der Waals surface area contributed by atoms with Crippen LogP contribution in [0.1, 0.15) is 46.2 Å². The molecular weight excluding hydrogens is 372 g/mol. The predicted molar refractivity (Wildman–Crippen MR) is 111 cm³/mol. The smallest absolute Gasteiger partial charge is 0.273 e. The van der Waals surface area contributed by atoms with E-state index in [0.717, 1.165) is 6.42 Å². The Labute approximate surface area is 171 Å². The van der Waals surface area contributed by atoms with E-state index in [9.17, 15) is 9.59 Å². The SMILES string of the molecule is CC[C@H](C)Oc1ccc(-c2nnc(CCC(=O)NCC(C)C)c(=O)[nH]2)cc1OC. The summed E-state index contributed by atoms with van der Waals surface area (Å²) in [5.74, 6) is 1.78. The van der Waals surface area contributed by atoms with Crippen LogP contribution in [-0.2, 0) is 11.2 Å². The third-order valence-corrected chi connectivity index (χ3v) is 4.40. The first-order valence-electron chi connectivity index (χ1n) is 9.91. The van der Waals surface area contributed by atoms with Gasteiger partial charge in [-0.3, -0.25) is 9.59 Å². The zero-order valence-corrected chi connectivity index (χ0v) is 17.7. The molecule has 0 saturated carbocycles. The van der Waals surface area contributed by atoms with Crippen LogP contribution in [0.2, 0.25) is 0 Å². The fraction of sp³-hybridized carbons (Fsp3) is 0.524. The molecule has 0 radical (unpaired) electrons. The third-order valence-electron chi connectivity index (χ3n) is 4.40. The largest absolute Gasteiger partial charge is 0.493 e. The molecule has 8 nitrogen and oxygen atoms in total. The Hall–Kier alpha value is -2.90. The second-order valence-electron chi connectivity index (χ2n) is 7.35. The van der Waals surface area contributed by atoms with Crippen LogP contribution in [0, 0.1) is 5.92 Å². The van der Waals surface area contributed by atoms with Crippen LogP contribution in [0.3, 0.4) is 0 Å². The summed E-state index contributed by atoms with van der Waals surface area (Å²) in [6.07, 6.45) is 1.36. The van der Waals surface area contributed by atoms with E-state index in [1.54, 1.807) is 25.3 Å². The molecule has 8 heteroatoms. The van der Waals surface area contributed by atoms with Crippen LogP contribution in [-0.4, -0.2) is 40.8 Å². The Balaban J connectivity index is 2.11. The average molecular weight is 402 g/mol. The van der Waals surface area contributed by atoms with Crippen molar-refractivity contribution in [3.8, 4) is 22.9 Å². The van der Waals surface area contributed by atoms with Crippen LogP contribution >= 0.6 is 0 Å². The van der Waals surface area contributed by atoms with Gasteiger partial charge >= 0.3 is 0 Å². The highest BCUT2D eigenvalue weighted by Crippen LogP contribution is 2.32. The molecule has 0 aliphatic heterocycles. The number of aryl methyl sites for hydroxylation is 1. The van der Waals surface area contributed by atoms with E-state index in [2.05, 4.69) is 20.5 Å². The van der Waals surface area contributed by atoms with E-state index in [-0.39, 0.29) is 36.1 Å². The summed E-state index contributed by atoms with van der Waals surface area (Å²) in [5, 5.41) is 10.9. The molecule has 1 aromatic carbocycles. The second-order valence-corrected chi connectivity index (χ2v) is 7.35. The topological polar surface area (TPSA) is 106 Å². The Bertz CT molecular complexity index is 879. The molecule has 0 aliphatic carbocycles. The summed E-state index contributed by atoms with van der Waals surface area (Å²) in [7, 11) is 1.56. The molecule has 0 bridgehead atoms. The maximum Gasteiger partial charge on any atom is 0.273 e. The number of rotatable bonds is 10. The number of aromatic nitrogens is 3. The van der Waals surface area contributed by atoms with Crippen molar-refractivity contribution in [3.63, 3.8) is 0 Å². The van der Waals surface area contributed by atoms with E-state index in [0.29, 0.717) is 35.3 Å². The van der Waals surface area contributed by atoms with Crippen LogP contribution in [0.25, 0.3) is 11.4 Å². The summed E-state index contributed by atoms with van der Waals surface area (Å²) < 4.78 is 11.2. The number of amides is 1. The van der Waals surface area contributed by atoms with E-state index < -0.39 is 0 Å². The Morgan fingerprint density at radius 2 is 1.97 bits per heavy atom. The van der Waals surface area contributed by atoms with Gasteiger partial charge in [0, 0.05) is 24.9 Å². The van der Waals surface area contributed by atoms with Gasteiger partial charge in [0.1, 0.15) is 5.69 Å². The van der Waals surface area contributed by atoms with Crippen molar-refractivity contribution in [2.24, 2.45) is 5.92 Å². The molecule has 1 heterocycles. The van der Waals surface area contributed by atoms with Gasteiger partial charge < -0.3 is 19.8 Å². The van der Waals surface area contributed by atoms with E-state index in [4.69, 9.17) is 9.47 Å². The highest BCUT2D eigenvalue weighted by molar-refractivity contribution is 5.76. The van der Waals surface area contributed by atoms with E-state index >= 15 is 0 Å². The number of methoxy groups -OCH3 is 1. The fourth-order valence-corrected chi connectivity index (χ4v) is 2.50. The van der Waals surface area contributed by atoms with Crippen molar-refractivity contribution in [1.29, 1.82) is 0 Å². The number of aromatic amines is 1. The van der Waals surface area contributed by atoms with Gasteiger partial charge in [0.15, 0.2) is 17.3 Å². The second kappa shape index (κ2) is 10.6. The molecule has 0 aliphatic rings. The molecule has 1 aromatic heterocycles. The Morgan fingerprint density at radius 3 is 2.59 bits per heavy atom. The average Bonchev–Trinajstić information content (AvgIpc) is 2.71.